The van der Waals surface area contributed by atoms with Crippen molar-refractivity contribution in [3.63, 3.8) is 0 Å². The van der Waals surface area contributed by atoms with E-state index in [1.165, 1.54) is 0 Å². The summed E-state index contributed by atoms with van der Waals surface area (Å²) in [7, 11) is 0. The van der Waals surface area contributed by atoms with Crippen molar-refractivity contribution in [1.29, 1.82) is 0 Å². The molecule has 0 saturated carbocycles. The minimum Gasteiger partial charge on any atom is -0.444 e. The number of nitrogens with one attached hydrogen (secondary N) is 3. The van der Waals surface area contributed by atoms with E-state index in [0.717, 1.165) is 11.4 Å². The van der Waals surface area contributed by atoms with Gasteiger partial charge in [0.25, 0.3) is 0 Å². The first-order chi connectivity index (χ1) is 10.3. The van der Waals surface area contributed by atoms with Crippen molar-refractivity contribution in [2.45, 2.75) is 39.8 Å². The molecule has 0 saturated heterocycles. The van der Waals surface area contributed by atoms with Gasteiger partial charge >= 0.3 is 12.1 Å². The van der Waals surface area contributed by atoms with E-state index >= 15 is 0 Å². The van der Waals surface area contributed by atoms with Crippen molar-refractivity contribution in [2.75, 3.05) is 13.1 Å². The van der Waals surface area contributed by atoms with Gasteiger partial charge < -0.3 is 20.7 Å². The fourth-order valence-electron chi connectivity index (χ4n) is 1.59. The summed E-state index contributed by atoms with van der Waals surface area (Å²) in [6.07, 6.45) is -0.501. The first-order valence-corrected chi connectivity index (χ1v) is 7.17. The highest BCUT2D eigenvalue weighted by Gasteiger charge is 2.15. The van der Waals surface area contributed by atoms with Crippen LogP contribution in [-0.2, 0) is 11.3 Å². The van der Waals surface area contributed by atoms with E-state index in [1.54, 1.807) is 20.8 Å². The molecule has 0 unspecified atom stereocenters. The van der Waals surface area contributed by atoms with Gasteiger partial charge in [0, 0.05) is 18.8 Å². The second-order valence-electron chi connectivity index (χ2n) is 5.81. The minimum absolute atomic E-state index is 0.297. The Kier molecular flexibility index (Phi) is 6.62. The molecular weight excluding hydrogens is 284 g/mol. The normalized spacial score (nSPS) is 10.7. The lowest BCUT2D eigenvalue weighted by atomic mass is 10.2. The van der Waals surface area contributed by atoms with Crippen molar-refractivity contribution in [2.24, 2.45) is 0 Å². The number of nitrogens with zero attached hydrogens (tertiary/aromatic N) is 1. The quantitative estimate of drug-likeness (QED) is 0.722. The summed E-state index contributed by atoms with van der Waals surface area (Å²) in [5, 5.41) is 7.89. The van der Waals surface area contributed by atoms with Gasteiger partial charge in [0.2, 0.25) is 0 Å². The molecule has 0 aliphatic rings. The van der Waals surface area contributed by atoms with Crippen molar-refractivity contribution in [3.8, 4) is 0 Å². The average molecular weight is 308 g/mol. The monoisotopic (exact) mass is 308 g/mol. The standard InChI is InChI=1S/C15H24N4O3/c1-11-6-5-7-12(19-11)10-18-13(20)16-8-9-17-14(21)22-15(2,3)4/h5-7H,8-10H2,1-4H3,(H,17,21)(H2,16,18,20). The highest BCUT2D eigenvalue weighted by molar-refractivity contribution is 5.73. The molecule has 1 aromatic heterocycles. The molecule has 22 heavy (non-hydrogen) atoms. The molecule has 0 spiro atoms. The Morgan fingerprint density at radius 1 is 1.14 bits per heavy atom. The van der Waals surface area contributed by atoms with Crippen molar-refractivity contribution in [3.05, 3.63) is 29.6 Å². The second-order valence-corrected chi connectivity index (χ2v) is 5.81. The van der Waals surface area contributed by atoms with E-state index in [-0.39, 0.29) is 6.03 Å². The van der Waals surface area contributed by atoms with E-state index in [9.17, 15) is 9.59 Å². The first-order valence-electron chi connectivity index (χ1n) is 7.17. The maximum atomic E-state index is 11.6. The number of carbonyl (C=O) groups is 2. The van der Waals surface area contributed by atoms with E-state index in [4.69, 9.17) is 4.74 Å². The van der Waals surface area contributed by atoms with Gasteiger partial charge in [-0.25, -0.2) is 9.59 Å². The number of carbonyl (C=O) groups excluding carboxylic acids is 2. The molecule has 0 aliphatic heterocycles. The Hall–Kier alpha value is -2.31. The van der Waals surface area contributed by atoms with Gasteiger partial charge in [-0.3, -0.25) is 4.98 Å². The van der Waals surface area contributed by atoms with E-state index in [0.29, 0.717) is 19.6 Å². The summed E-state index contributed by atoms with van der Waals surface area (Å²) in [5.74, 6) is 0. The predicted octanol–water partition coefficient (Wildman–Crippen LogP) is 1.71. The topological polar surface area (TPSA) is 92.4 Å². The molecule has 3 N–H and O–H groups in total. The number of pyridine rings is 1. The van der Waals surface area contributed by atoms with Crippen molar-refractivity contribution < 1.29 is 14.3 Å². The third kappa shape index (κ3) is 8.08. The fraction of sp³-hybridized carbons (Fsp3) is 0.533. The smallest absolute Gasteiger partial charge is 0.407 e. The lowest BCUT2D eigenvalue weighted by Crippen LogP contribution is -2.41. The summed E-state index contributed by atoms with van der Waals surface area (Å²) in [5.41, 5.74) is 1.17. The van der Waals surface area contributed by atoms with Crippen LogP contribution in [0.1, 0.15) is 32.2 Å². The van der Waals surface area contributed by atoms with Crippen molar-refractivity contribution in [1.82, 2.24) is 20.9 Å². The number of urea groups is 1. The third-order valence-electron chi connectivity index (χ3n) is 2.45. The lowest BCUT2D eigenvalue weighted by molar-refractivity contribution is 0.0528. The van der Waals surface area contributed by atoms with Crippen LogP contribution < -0.4 is 16.0 Å². The van der Waals surface area contributed by atoms with Gasteiger partial charge in [0.15, 0.2) is 0 Å². The average Bonchev–Trinajstić information content (AvgIpc) is 2.39. The molecule has 0 fully saturated rings. The Bertz CT molecular complexity index is 512. The van der Waals surface area contributed by atoms with Gasteiger partial charge in [0.05, 0.1) is 12.2 Å². The summed E-state index contributed by atoms with van der Waals surface area (Å²) < 4.78 is 5.07. The molecular formula is C15H24N4O3. The van der Waals surface area contributed by atoms with Gasteiger partial charge in [0.1, 0.15) is 5.60 Å². The Labute approximate surface area is 130 Å². The fourth-order valence-corrected chi connectivity index (χ4v) is 1.59. The lowest BCUT2D eigenvalue weighted by Gasteiger charge is -2.19. The van der Waals surface area contributed by atoms with E-state index in [2.05, 4.69) is 20.9 Å². The van der Waals surface area contributed by atoms with Gasteiger partial charge in [-0.15, -0.1) is 0 Å². The van der Waals surface area contributed by atoms with Gasteiger partial charge in [-0.05, 0) is 39.8 Å². The van der Waals surface area contributed by atoms with Crippen LogP contribution in [0, 0.1) is 6.92 Å². The summed E-state index contributed by atoms with van der Waals surface area (Å²) in [6.45, 7) is 8.23. The molecule has 0 aliphatic carbocycles. The van der Waals surface area contributed by atoms with Crippen LogP contribution in [0.15, 0.2) is 18.2 Å². The Morgan fingerprint density at radius 2 is 1.82 bits per heavy atom. The minimum atomic E-state index is -0.532. The van der Waals surface area contributed by atoms with Crippen LogP contribution in [0.3, 0.4) is 0 Å². The molecule has 122 valence electrons. The second kappa shape index (κ2) is 8.21. The largest absolute Gasteiger partial charge is 0.444 e. The highest BCUT2D eigenvalue weighted by atomic mass is 16.6. The molecule has 1 rings (SSSR count). The van der Waals surface area contributed by atoms with Gasteiger partial charge in [-0.1, -0.05) is 6.07 Å². The highest BCUT2D eigenvalue weighted by Crippen LogP contribution is 2.05. The number of ether oxygens (including phenoxy) is 1. The van der Waals surface area contributed by atoms with Crippen molar-refractivity contribution >= 4 is 12.1 Å². The molecule has 7 heteroatoms. The number of rotatable bonds is 5. The van der Waals surface area contributed by atoms with Gasteiger partial charge in [-0.2, -0.15) is 0 Å². The number of aryl methyl sites for hydroxylation is 1. The zero-order chi connectivity index (χ0) is 16.6. The van der Waals surface area contributed by atoms with Crippen LogP contribution in [0.5, 0.6) is 0 Å². The molecule has 7 nitrogen and oxygen atoms in total. The number of hydrogen-bond acceptors (Lipinski definition) is 4. The van der Waals surface area contributed by atoms with Crippen LogP contribution >= 0.6 is 0 Å². The number of hydrogen-bond donors (Lipinski definition) is 3. The first kappa shape index (κ1) is 17.7. The van der Waals surface area contributed by atoms with Crippen LogP contribution in [0.4, 0.5) is 9.59 Å². The molecule has 3 amide bonds. The summed E-state index contributed by atoms with van der Waals surface area (Å²) >= 11 is 0. The van der Waals surface area contributed by atoms with E-state index in [1.807, 2.05) is 25.1 Å². The zero-order valence-electron chi connectivity index (χ0n) is 13.5. The predicted molar refractivity (Wildman–Crippen MR) is 83.4 cm³/mol. The number of aromatic nitrogens is 1. The maximum absolute atomic E-state index is 11.6. The summed E-state index contributed by atoms with van der Waals surface area (Å²) in [4.78, 5) is 27.2. The van der Waals surface area contributed by atoms with Crippen LogP contribution in [0.25, 0.3) is 0 Å². The molecule has 0 aromatic carbocycles. The Balaban J connectivity index is 2.15. The van der Waals surface area contributed by atoms with Crippen LogP contribution in [0.2, 0.25) is 0 Å². The Morgan fingerprint density at radius 3 is 2.45 bits per heavy atom. The summed E-state index contributed by atoms with van der Waals surface area (Å²) in [6, 6.07) is 5.32. The molecule has 0 atom stereocenters. The van der Waals surface area contributed by atoms with Crippen LogP contribution in [-0.4, -0.2) is 35.8 Å². The maximum Gasteiger partial charge on any atom is 0.407 e. The molecule has 0 radical (unpaired) electrons. The molecule has 1 heterocycles. The number of amides is 3. The zero-order valence-corrected chi connectivity index (χ0v) is 13.5. The SMILES string of the molecule is Cc1cccc(CNC(=O)NCCNC(=O)OC(C)(C)C)n1. The molecule has 1 aromatic rings. The molecule has 0 bridgehead atoms. The third-order valence-corrected chi connectivity index (χ3v) is 2.45. The number of alkyl carbamates (subject to hydrolysis) is 1. The van der Waals surface area contributed by atoms with E-state index < -0.39 is 11.7 Å².